The molecule has 0 aliphatic heterocycles. The quantitative estimate of drug-likeness (QED) is 0.826. The van der Waals surface area contributed by atoms with Crippen molar-refractivity contribution in [1.29, 1.82) is 0 Å². The Hall–Kier alpha value is -0.840. The molecule has 1 unspecified atom stereocenters. The predicted octanol–water partition coefficient (Wildman–Crippen LogP) is 1.35. The molecule has 0 amide bonds. The number of aliphatic hydroxyl groups is 1. The minimum absolute atomic E-state index is 0.0259. The molecular formula is C10H13ClFNO2. The highest BCUT2D eigenvalue weighted by molar-refractivity contribution is 6.32. The third-order valence-electron chi connectivity index (χ3n) is 1.99. The van der Waals surface area contributed by atoms with Crippen molar-refractivity contribution >= 4 is 11.6 Å². The molecule has 0 aliphatic rings. The van der Waals surface area contributed by atoms with Crippen LogP contribution >= 0.6 is 11.6 Å². The van der Waals surface area contributed by atoms with Crippen molar-refractivity contribution in [3.8, 4) is 5.75 Å². The number of methoxy groups -OCH3 is 1. The number of rotatable bonds is 4. The second-order valence-corrected chi connectivity index (χ2v) is 3.65. The van der Waals surface area contributed by atoms with Crippen LogP contribution in [0.3, 0.4) is 0 Å². The summed E-state index contributed by atoms with van der Waals surface area (Å²) < 4.78 is 18.1. The Kier molecular flexibility index (Phi) is 4.32. The van der Waals surface area contributed by atoms with Gasteiger partial charge in [-0.1, -0.05) is 11.6 Å². The molecule has 3 N–H and O–H groups in total. The van der Waals surface area contributed by atoms with Gasteiger partial charge in [-0.25, -0.2) is 4.39 Å². The Balaban J connectivity index is 2.93. The zero-order chi connectivity index (χ0) is 11.4. The number of nitrogens with two attached hydrogens (primary N) is 1. The number of hydrogen-bond donors (Lipinski definition) is 2. The lowest BCUT2D eigenvalue weighted by molar-refractivity contribution is 0.265. The van der Waals surface area contributed by atoms with Crippen LogP contribution in [0.2, 0.25) is 5.02 Å². The Morgan fingerprint density at radius 2 is 2.27 bits per heavy atom. The molecule has 1 aromatic carbocycles. The van der Waals surface area contributed by atoms with E-state index < -0.39 is 11.9 Å². The maximum Gasteiger partial charge on any atom is 0.173 e. The molecule has 0 spiro atoms. The standard InChI is InChI=1S/C10H13ClFNO2/c1-15-10-8(11)3-6(4-9(10)12)2-7(13)5-14/h3-4,7,14H,2,5,13H2,1H3. The smallest absolute Gasteiger partial charge is 0.173 e. The van der Waals surface area contributed by atoms with E-state index in [-0.39, 0.29) is 17.4 Å². The summed E-state index contributed by atoms with van der Waals surface area (Å²) >= 11 is 5.79. The molecule has 0 aliphatic carbocycles. The third kappa shape index (κ3) is 3.06. The van der Waals surface area contributed by atoms with Crippen molar-refractivity contribution in [1.82, 2.24) is 0 Å². The van der Waals surface area contributed by atoms with Gasteiger partial charge in [0.15, 0.2) is 11.6 Å². The molecule has 0 bridgehead atoms. The van der Waals surface area contributed by atoms with Crippen LogP contribution in [0.5, 0.6) is 5.75 Å². The summed E-state index contributed by atoms with van der Waals surface area (Å²) in [5, 5.41) is 8.97. The zero-order valence-corrected chi connectivity index (χ0v) is 9.09. The molecular weight excluding hydrogens is 221 g/mol. The zero-order valence-electron chi connectivity index (χ0n) is 8.34. The average Bonchev–Trinajstić information content (AvgIpc) is 2.17. The lowest BCUT2D eigenvalue weighted by Crippen LogP contribution is -2.26. The largest absolute Gasteiger partial charge is 0.492 e. The van der Waals surface area contributed by atoms with Crippen LogP contribution in [0.25, 0.3) is 0 Å². The van der Waals surface area contributed by atoms with Gasteiger partial charge in [0, 0.05) is 6.04 Å². The predicted molar refractivity (Wildman–Crippen MR) is 56.7 cm³/mol. The Labute approximate surface area is 92.6 Å². The number of hydrogen-bond acceptors (Lipinski definition) is 3. The first-order chi connectivity index (χ1) is 7.08. The van der Waals surface area contributed by atoms with Crippen molar-refractivity contribution in [2.75, 3.05) is 13.7 Å². The molecule has 3 nitrogen and oxygen atoms in total. The van der Waals surface area contributed by atoms with Crippen LogP contribution in [0.15, 0.2) is 12.1 Å². The Bertz CT molecular complexity index is 323. The van der Waals surface area contributed by atoms with Crippen molar-refractivity contribution < 1.29 is 14.2 Å². The molecule has 15 heavy (non-hydrogen) atoms. The summed E-state index contributed by atoms with van der Waals surface area (Å²) in [6.07, 6.45) is 0.372. The summed E-state index contributed by atoms with van der Waals surface area (Å²) in [5.41, 5.74) is 6.17. The van der Waals surface area contributed by atoms with E-state index in [9.17, 15) is 4.39 Å². The fraction of sp³-hybridized carbons (Fsp3) is 0.400. The van der Waals surface area contributed by atoms with Crippen LogP contribution in [0.4, 0.5) is 4.39 Å². The van der Waals surface area contributed by atoms with Crippen molar-refractivity contribution in [2.24, 2.45) is 5.73 Å². The van der Waals surface area contributed by atoms with Crippen LogP contribution < -0.4 is 10.5 Å². The first-order valence-electron chi connectivity index (χ1n) is 4.46. The Morgan fingerprint density at radius 1 is 1.60 bits per heavy atom. The fourth-order valence-corrected chi connectivity index (χ4v) is 1.60. The summed E-state index contributed by atoms with van der Waals surface area (Å²) in [6, 6.07) is 2.48. The maximum atomic E-state index is 13.4. The average molecular weight is 234 g/mol. The minimum Gasteiger partial charge on any atom is -0.492 e. The first-order valence-corrected chi connectivity index (χ1v) is 4.84. The minimum atomic E-state index is -0.523. The molecule has 1 aromatic rings. The SMILES string of the molecule is COc1c(F)cc(CC(N)CO)cc1Cl. The lowest BCUT2D eigenvalue weighted by atomic mass is 10.1. The van der Waals surface area contributed by atoms with Crippen molar-refractivity contribution in [3.05, 3.63) is 28.5 Å². The van der Waals surface area contributed by atoms with Gasteiger partial charge in [-0.3, -0.25) is 0 Å². The van der Waals surface area contributed by atoms with Gasteiger partial charge in [0.05, 0.1) is 18.7 Å². The van der Waals surface area contributed by atoms with Crippen molar-refractivity contribution in [3.63, 3.8) is 0 Å². The van der Waals surface area contributed by atoms with Gasteiger partial charge >= 0.3 is 0 Å². The van der Waals surface area contributed by atoms with Gasteiger partial charge in [0.25, 0.3) is 0 Å². The van der Waals surface area contributed by atoms with Crippen LogP contribution in [0, 0.1) is 5.82 Å². The summed E-state index contributed by atoms with van der Waals surface area (Å²) in [5.74, 6) is -0.497. The highest BCUT2D eigenvalue weighted by atomic mass is 35.5. The first kappa shape index (κ1) is 12.2. The summed E-state index contributed by atoms with van der Waals surface area (Å²) in [7, 11) is 1.35. The number of aliphatic hydroxyl groups excluding tert-OH is 1. The fourth-order valence-electron chi connectivity index (χ4n) is 1.29. The van der Waals surface area contributed by atoms with E-state index in [1.54, 1.807) is 6.07 Å². The van der Waals surface area contributed by atoms with E-state index in [0.717, 1.165) is 0 Å². The maximum absolute atomic E-state index is 13.4. The normalized spacial score (nSPS) is 12.6. The number of ether oxygens (including phenoxy) is 1. The van der Waals surface area contributed by atoms with Gasteiger partial charge in [0.2, 0.25) is 0 Å². The molecule has 1 atom stereocenters. The van der Waals surface area contributed by atoms with E-state index >= 15 is 0 Å². The second-order valence-electron chi connectivity index (χ2n) is 3.24. The lowest BCUT2D eigenvalue weighted by Gasteiger charge is -2.10. The highest BCUT2D eigenvalue weighted by Gasteiger charge is 2.11. The summed E-state index contributed by atoms with van der Waals surface area (Å²) in [6.45, 7) is -0.148. The Morgan fingerprint density at radius 3 is 2.73 bits per heavy atom. The van der Waals surface area contributed by atoms with Crippen LogP contribution in [-0.4, -0.2) is 24.9 Å². The third-order valence-corrected chi connectivity index (χ3v) is 2.28. The highest BCUT2D eigenvalue weighted by Crippen LogP contribution is 2.29. The molecule has 0 saturated carbocycles. The van der Waals surface area contributed by atoms with Gasteiger partial charge in [-0.2, -0.15) is 0 Å². The molecule has 0 heterocycles. The van der Waals surface area contributed by atoms with E-state index in [0.29, 0.717) is 12.0 Å². The number of halogens is 2. The van der Waals surface area contributed by atoms with Gasteiger partial charge in [-0.15, -0.1) is 0 Å². The van der Waals surface area contributed by atoms with Crippen molar-refractivity contribution in [2.45, 2.75) is 12.5 Å². The second kappa shape index (κ2) is 5.30. The molecule has 0 saturated heterocycles. The van der Waals surface area contributed by atoms with Gasteiger partial charge in [0.1, 0.15) is 0 Å². The summed E-state index contributed by atoms with van der Waals surface area (Å²) in [4.78, 5) is 0. The van der Waals surface area contributed by atoms with Gasteiger partial charge in [-0.05, 0) is 24.1 Å². The molecule has 0 fully saturated rings. The van der Waals surface area contributed by atoms with Crippen LogP contribution in [0.1, 0.15) is 5.56 Å². The molecule has 5 heteroatoms. The monoisotopic (exact) mass is 233 g/mol. The van der Waals surface area contributed by atoms with E-state index in [4.69, 9.17) is 27.2 Å². The van der Waals surface area contributed by atoms with Gasteiger partial charge < -0.3 is 15.6 Å². The van der Waals surface area contributed by atoms with E-state index in [1.807, 2.05) is 0 Å². The number of benzene rings is 1. The van der Waals surface area contributed by atoms with E-state index in [1.165, 1.54) is 13.2 Å². The molecule has 84 valence electrons. The van der Waals surface area contributed by atoms with Crippen LogP contribution in [-0.2, 0) is 6.42 Å². The topological polar surface area (TPSA) is 55.5 Å². The molecule has 1 rings (SSSR count). The molecule has 0 radical (unpaired) electrons. The van der Waals surface area contributed by atoms with E-state index in [2.05, 4.69) is 0 Å². The molecule has 0 aromatic heterocycles.